The fourth-order valence-corrected chi connectivity index (χ4v) is 1.29. The molecule has 1 N–H and O–H groups in total. The number of anilines is 1. The maximum absolute atomic E-state index is 11.7. The fourth-order valence-electron chi connectivity index (χ4n) is 1.29. The van der Waals surface area contributed by atoms with Gasteiger partial charge in [-0.2, -0.15) is 0 Å². The number of para-hydroxylation sites is 1. The lowest BCUT2D eigenvalue weighted by molar-refractivity contribution is -0.385. The number of benzene rings is 1. The van der Waals surface area contributed by atoms with E-state index in [0.29, 0.717) is 0 Å². The highest BCUT2D eigenvalue weighted by atomic mass is 16.6. The number of carbonyl (C=O) groups excluding carboxylic acids is 1. The lowest BCUT2D eigenvalue weighted by atomic mass is 10.1. The lowest BCUT2D eigenvalue weighted by Crippen LogP contribution is -2.13. The van der Waals surface area contributed by atoms with Crippen molar-refractivity contribution in [2.24, 2.45) is 0 Å². The summed E-state index contributed by atoms with van der Waals surface area (Å²) in [6.07, 6.45) is 1.29. The van der Waals surface area contributed by atoms with Gasteiger partial charge < -0.3 is 9.84 Å². The van der Waals surface area contributed by atoms with E-state index >= 15 is 0 Å². The summed E-state index contributed by atoms with van der Waals surface area (Å²) < 4.78 is 4.53. The molecular formula is C10H7N3O4. The van der Waals surface area contributed by atoms with E-state index < -0.39 is 10.8 Å². The van der Waals surface area contributed by atoms with Crippen LogP contribution in [0, 0.1) is 10.1 Å². The van der Waals surface area contributed by atoms with Crippen LogP contribution in [0.5, 0.6) is 0 Å². The average molecular weight is 233 g/mol. The number of nitro benzene ring substituents is 1. The molecule has 2 aromatic rings. The Labute approximate surface area is 95.2 Å². The molecule has 86 valence electrons. The van der Waals surface area contributed by atoms with E-state index in [1.807, 2.05) is 0 Å². The Morgan fingerprint density at radius 3 is 2.76 bits per heavy atom. The molecule has 0 saturated heterocycles. The fraction of sp³-hybridized carbons (Fsp3) is 0. The molecule has 0 saturated carbocycles. The zero-order valence-electron chi connectivity index (χ0n) is 8.49. The van der Waals surface area contributed by atoms with Gasteiger partial charge in [0.1, 0.15) is 11.8 Å². The van der Waals surface area contributed by atoms with Gasteiger partial charge in [-0.25, -0.2) is 0 Å². The molecule has 0 atom stereocenters. The van der Waals surface area contributed by atoms with Gasteiger partial charge in [-0.05, 0) is 6.07 Å². The van der Waals surface area contributed by atoms with Crippen molar-refractivity contribution in [3.05, 3.63) is 52.3 Å². The average Bonchev–Trinajstić information content (AvgIpc) is 2.81. The first kappa shape index (κ1) is 10.8. The standard InChI is InChI=1S/C10H7N3O4/c14-10(11-9-5-6-17-12-9)7-3-1-2-4-8(7)13(15)16/h1-6H,(H,11,12,14). The van der Waals surface area contributed by atoms with E-state index in [-0.39, 0.29) is 17.1 Å². The third-order valence-electron chi connectivity index (χ3n) is 2.02. The molecule has 0 bridgehead atoms. The predicted molar refractivity (Wildman–Crippen MR) is 57.6 cm³/mol. The number of nitro groups is 1. The van der Waals surface area contributed by atoms with Gasteiger partial charge in [0.25, 0.3) is 11.6 Å². The second kappa shape index (κ2) is 4.44. The van der Waals surface area contributed by atoms with Crippen molar-refractivity contribution in [3.8, 4) is 0 Å². The summed E-state index contributed by atoms with van der Waals surface area (Å²) in [6, 6.07) is 7.10. The molecule has 1 heterocycles. The molecule has 7 nitrogen and oxygen atoms in total. The Morgan fingerprint density at radius 2 is 2.12 bits per heavy atom. The number of rotatable bonds is 3. The van der Waals surface area contributed by atoms with Crippen molar-refractivity contribution in [2.75, 3.05) is 5.32 Å². The Kier molecular flexibility index (Phi) is 2.82. The van der Waals surface area contributed by atoms with Gasteiger partial charge in [0.05, 0.1) is 4.92 Å². The van der Waals surface area contributed by atoms with Crippen molar-refractivity contribution < 1.29 is 14.2 Å². The van der Waals surface area contributed by atoms with Crippen LogP contribution in [0.25, 0.3) is 0 Å². The van der Waals surface area contributed by atoms with Crippen LogP contribution in [-0.2, 0) is 0 Å². The summed E-state index contributed by atoms with van der Waals surface area (Å²) in [4.78, 5) is 21.8. The van der Waals surface area contributed by atoms with Crippen LogP contribution >= 0.6 is 0 Å². The molecule has 0 aliphatic carbocycles. The van der Waals surface area contributed by atoms with Crippen molar-refractivity contribution in [3.63, 3.8) is 0 Å². The SMILES string of the molecule is O=C(Nc1ccon1)c1ccccc1[N+](=O)[O-]. The van der Waals surface area contributed by atoms with Crippen molar-refractivity contribution in [1.29, 1.82) is 0 Å². The highest BCUT2D eigenvalue weighted by Crippen LogP contribution is 2.18. The summed E-state index contributed by atoms with van der Waals surface area (Å²) in [5, 5.41) is 16.6. The molecule has 7 heteroatoms. The van der Waals surface area contributed by atoms with Crippen LogP contribution < -0.4 is 5.32 Å². The largest absolute Gasteiger partial charge is 0.363 e. The van der Waals surface area contributed by atoms with E-state index in [0.717, 1.165) is 0 Å². The molecule has 0 aliphatic heterocycles. The first-order valence-corrected chi connectivity index (χ1v) is 4.63. The van der Waals surface area contributed by atoms with Crippen LogP contribution in [0.2, 0.25) is 0 Å². The smallest absolute Gasteiger partial charge is 0.282 e. The Hall–Kier alpha value is -2.70. The first-order valence-electron chi connectivity index (χ1n) is 4.63. The van der Waals surface area contributed by atoms with Crippen molar-refractivity contribution in [1.82, 2.24) is 5.16 Å². The maximum atomic E-state index is 11.7. The minimum Gasteiger partial charge on any atom is -0.363 e. The molecule has 0 fully saturated rings. The first-order chi connectivity index (χ1) is 8.18. The Balaban J connectivity index is 2.28. The topological polar surface area (TPSA) is 98.3 Å². The summed E-state index contributed by atoms with van der Waals surface area (Å²) in [6.45, 7) is 0. The van der Waals surface area contributed by atoms with Crippen LogP contribution in [0.4, 0.5) is 11.5 Å². The zero-order valence-corrected chi connectivity index (χ0v) is 8.49. The van der Waals surface area contributed by atoms with Gasteiger partial charge in [0, 0.05) is 12.1 Å². The molecule has 1 amide bonds. The highest BCUT2D eigenvalue weighted by Gasteiger charge is 2.19. The van der Waals surface area contributed by atoms with Gasteiger partial charge in [-0.1, -0.05) is 17.3 Å². The van der Waals surface area contributed by atoms with E-state index in [1.165, 1.54) is 30.5 Å². The van der Waals surface area contributed by atoms with Crippen molar-refractivity contribution in [2.45, 2.75) is 0 Å². The van der Waals surface area contributed by atoms with Gasteiger partial charge in [-0.15, -0.1) is 0 Å². The molecule has 2 rings (SSSR count). The molecular weight excluding hydrogens is 226 g/mol. The summed E-state index contributed by atoms with van der Waals surface area (Å²) in [7, 11) is 0. The third-order valence-corrected chi connectivity index (χ3v) is 2.02. The van der Waals surface area contributed by atoms with Crippen LogP contribution in [0.1, 0.15) is 10.4 Å². The summed E-state index contributed by atoms with van der Waals surface area (Å²) in [5.41, 5.74) is -0.283. The van der Waals surface area contributed by atoms with E-state index in [1.54, 1.807) is 6.07 Å². The maximum Gasteiger partial charge on any atom is 0.282 e. The lowest BCUT2D eigenvalue weighted by Gasteiger charge is -2.01. The van der Waals surface area contributed by atoms with E-state index in [2.05, 4.69) is 15.0 Å². The minimum absolute atomic E-state index is 0.0273. The number of nitrogens with one attached hydrogen (secondary N) is 1. The molecule has 0 spiro atoms. The predicted octanol–water partition coefficient (Wildman–Crippen LogP) is 1.84. The summed E-state index contributed by atoms with van der Waals surface area (Å²) >= 11 is 0. The van der Waals surface area contributed by atoms with Crippen LogP contribution in [0.3, 0.4) is 0 Å². The number of nitrogens with zero attached hydrogens (tertiary/aromatic N) is 2. The van der Waals surface area contributed by atoms with Gasteiger partial charge in [-0.3, -0.25) is 14.9 Å². The quantitative estimate of drug-likeness (QED) is 0.644. The molecule has 1 aromatic heterocycles. The van der Waals surface area contributed by atoms with Gasteiger partial charge in [0.2, 0.25) is 0 Å². The van der Waals surface area contributed by atoms with Crippen LogP contribution in [-0.4, -0.2) is 16.0 Å². The number of carbonyl (C=O) groups is 1. The second-order valence-corrected chi connectivity index (χ2v) is 3.11. The third kappa shape index (κ3) is 2.28. The number of aromatic nitrogens is 1. The van der Waals surface area contributed by atoms with Crippen LogP contribution in [0.15, 0.2) is 41.1 Å². The molecule has 0 unspecified atom stereocenters. The number of hydrogen-bond donors (Lipinski definition) is 1. The van der Waals surface area contributed by atoms with E-state index in [4.69, 9.17) is 0 Å². The molecule has 0 radical (unpaired) electrons. The normalized spacial score (nSPS) is 9.88. The van der Waals surface area contributed by atoms with Crippen molar-refractivity contribution >= 4 is 17.4 Å². The second-order valence-electron chi connectivity index (χ2n) is 3.11. The summed E-state index contributed by atoms with van der Waals surface area (Å²) in [5.74, 6) is -0.403. The Bertz CT molecular complexity index is 550. The molecule has 17 heavy (non-hydrogen) atoms. The van der Waals surface area contributed by atoms with E-state index in [9.17, 15) is 14.9 Å². The molecule has 1 aromatic carbocycles. The number of hydrogen-bond acceptors (Lipinski definition) is 5. The van der Waals surface area contributed by atoms with Gasteiger partial charge >= 0.3 is 0 Å². The number of amides is 1. The van der Waals surface area contributed by atoms with Gasteiger partial charge in [0.15, 0.2) is 5.82 Å². The molecule has 0 aliphatic rings. The zero-order chi connectivity index (χ0) is 12.3. The monoisotopic (exact) mass is 233 g/mol. The Morgan fingerprint density at radius 1 is 1.35 bits per heavy atom. The highest BCUT2D eigenvalue weighted by molar-refractivity contribution is 6.06. The minimum atomic E-state index is -0.613.